The van der Waals surface area contributed by atoms with Crippen LogP contribution >= 0.6 is 0 Å². The van der Waals surface area contributed by atoms with Crippen LogP contribution in [-0.4, -0.2) is 28.8 Å². The number of carbonyl (C=O) groups excluding carboxylic acids is 1. The number of hydrogen-bond acceptors (Lipinski definition) is 3. The van der Waals surface area contributed by atoms with Gasteiger partial charge in [-0.3, -0.25) is 4.79 Å². The van der Waals surface area contributed by atoms with Crippen LogP contribution in [0.1, 0.15) is 18.4 Å². The zero-order valence-electron chi connectivity index (χ0n) is 15.3. The molecule has 3 aromatic rings. The molecule has 4 rings (SSSR count). The van der Waals surface area contributed by atoms with E-state index >= 15 is 0 Å². The van der Waals surface area contributed by atoms with E-state index in [2.05, 4.69) is 10.6 Å². The summed E-state index contributed by atoms with van der Waals surface area (Å²) in [6, 6.07) is 20.1. The van der Waals surface area contributed by atoms with E-state index in [1.807, 2.05) is 71.5 Å². The maximum Gasteiger partial charge on any atom is 0.224 e. The van der Waals surface area contributed by atoms with Crippen molar-refractivity contribution in [1.29, 1.82) is 0 Å². The Balaban J connectivity index is 1.58. The number of para-hydroxylation sites is 1. The number of piperidine rings is 1. The van der Waals surface area contributed by atoms with Gasteiger partial charge in [-0.25, -0.2) is 4.68 Å². The molecule has 0 radical (unpaired) electrons. The molecule has 2 N–H and O–H groups in total. The van der Waals surface area contributed by atoms with E-state index in [1.165, 1.54) is 0 Å². The fraction of sp³-hybridized carbons (Fsp3) is 0.273. The zero-order valence-corrected chi connectivity index (χ0v) is 15.3. The smallest absolute Gasteiger partial charge is 0.224 e. The van der Waals surface area contributed by atoms with Crippen LogP contribution in [0.3, 0.4) is 0 Å². The van der Waals surface area contributed by atoms with E-state index in [9.17, 15) is 4.79 Å². The van der Waals surface area contributed by atoms with Gasteiger partial charge in [0.15, 0.2) is 0 Å². The minimum atomic E-state index is 0.0584. The van der Waals surface area contributed by atoms with Crippen molar-refractivity contribution in [3.8, 4) is 16.9 Å². The van der Waals surface area contributed by atoms with Crippen LogP contribution in [0.2, 0.25) is 0 Å². The van der Waals surface area contributed by atoms with E-state index < -0.39 is 0 Å². The van der Waals surface area contributed by atoms with E-state index in [1.54, 1.807) is 0 Å². The number of amides is 1. The molecule has 0 spiro atoms. The first-order valence-electron chi connectivity index (χ1n) is 9.49. The third kappa shape index (κ3) is 4.09. The first-order chi connectivity index (χ1) is 13.3. The Labute approximate surface area is 159 Å². The molecule has 5 heteroatoms. The number of nitrogens with zero attached hydrogens (tertiary/aromatic N) is 2. The summed E-state index contributed by atoms with van der Waals surface area (Å²) >= 11 is 0. The molecule has 1 saturated heterocycles. The molecule has 2 aromatic carbocycles. The van der Waals surface area contributed by atoms with Gasteiger partial charge in [0.2, 0.25) is 5.91 Å². The first-order valence-corrected chi connectivity index (χ1v) is 9.49. The van der Waals surface area contributed by atoms with Crippen LogP contribution < -0.4 is 10.6 Å². The minimum absolute atomic E-state index is 0.0584. The van der Waals surface area contributed by atoms with Crippen LogP contribution in [-0.2, 0) is 11.3 Å². The molecule has 1 amide bonds. The summed E-state index contributed by atoms with van der Waals surface area (Å²) in [7, 11) is 0. The Morgan fingerprint density at radius 3 is 2.56 bits per heavy atom. The van der Waals surface area contributed by atoms with Crippen molar-refractivity contribution in [2.24, 2.45) is 5.92 Å². The van der Waals surface area contributed by atoms with Crippen LogP contribution in [0.15, 0.2) is 66.9 Å². The molecule has 2 heterocycles. The van der Waals surface area contributed by atoms with Crippen LogP contribution in [0.25, 0.3) is 16.9 Å². The summed E-state index contributed by atoms with van der Waals surface area (Å²) in [6.07, 6.45) is 4.02. The van der Waals surface area contributed by atoms with Crippen molar-refractivity contribution in [2.75, 3.05) is 13.1 Å². The highest BCUT2D eigenvalue weighted by atomic mass is 16.1. The van der Waals surface area contributed by atoms with Crippen molar-refractivity contribution < 1.29 is 4.79 Å². The van der Waals surface area contributed by atoms with Gasteiger partial charge in [-0.05, 0) is 31.5 Å². The molecule has 1 unspecified atom stereocenters. The Morgan fingerprint density at radius 2 is 1.85 bits per heavy atom. The molecule has 1 aliphatic rings. The lowest BCUT2D eigenvalue weighted by Gasteiger charge is -2.21. The Hall–Kier alpha value is -2.92. The average molecular weight is 360 g/mol. The summed E-state index contributed by atoms with van der Waals surface area (Å²) < 4.78 is 1.88. The third-order valence-electron chi connectivity index (χ3n) is 4.98. The zero-order chi connectivity index (χ0) is 18.5. The largest absolute Gasteiger partial charge is 0.352 e. The summed E-state index contributed by atoms with van der Waals surface area (Å²) in [5.41, 5.74) is 3.98. The predicted molar refractivity (Wildman–Crippen MR) is 106 cm³/mol. The first kappa shape index (κ1) is 17.5. The molecule has 1 fully saturated rings. The van der Waals surface area contributed by atoms with Gasteiger partial charge in [0.25, 0.3) is 0 Å². The highest BCUT2D eigenvalue weighted by molar-refractivity contribution is 5.79. The van der Waals surface area contributed by atoms with E-state index in [0.29, 0.717) is 6.54 Å². The van der Waals surface area contributed by atoms with Crippen LogP contribution in [0.4, 0.5) is 0 Å². The van der Waals surface area contributed by atoms with Crippen molar-refractivity contribution in [2.45, 2.75) is 19.4 Å². The Bertz CT molecular complexity index is 883. The molecule has 27 heavy (non-hydrogen) atoms. The lowest BCUT2D eigenvalue weighted by molar-refractivity contribution is -0.125. The molecule has 138 valence electrons. The lowest BCUT2D eigenvalue weighted by Crippen LogP contribution is -2.40. The third-order valence-corrected chi connectivity index (χ3v) is 4.98. The topological polar surface area (TPSA) is 59.0 Å². The summed E-state index contributed by atoms with van der Waals surface area (Å²) in [5, 5.41) is 11.2. The monoisotopic (exact) mass is 360 g/mol. The average Bonchev–Trinajstić information content (AvgIpc) is 3.18. The molecule has 5 nitrogen and oxygen atoms in total. The number of nitrogens with one attached hydrogen (secondary N) is 2. The van der Waals surface area contributed by atoms with Gasteiger partial charge < -0.3 is 10.6 Å². The van der Waals surface area contributed by atoms with Crippen molar-refractivity contribution >= 4 is 5.91 Å². The number of carbonyl (C=O) groups is 1. The fourth-order valence-corrected chi connectivity index (χ4v) is 3.49. The van der Waals surface area contributed by atoms with Crippen LogP contribution in [0, 0.1) is 5.92 Å². The van der Waals surface area contributed by atoms with E-state index in [0.717, 1.165) is 48.4 Å². The highest BCUT2D eigenvalue weighted by Gasteiger charge is 2.21. The molecule has 1 aliphatic heterocycles. The molecule has 0 saturated carbocycles. The van der Waals surface area contributed by atoms with Gasteiger partial charge in [-0.15, -0.1) is 0 Å². The van der Waals surface area contributed by atoms with Crippen molar-refractivity contribution in [3.63, 3.8) is 0 Å². The SMILES string of the molecule is O=C(NCc1cn(-c2ccccc2)nc1-c1ccccc1)C1CCCNC1. The van der Waals surface area contributed by atoms with Gasteiger partial charge in [0.1, 0.15) is 0 Å². The normalized spacial score (nSPS) is 16.8. The van der Waals surface area contributed by atoms with Gasteiger partial charge in [0.05, 0.1) is 17.3 Å². The summed E-state index contributed by atoms with van der Waals surface area (Å²) in [6.45, 7) is 2.25. The Kier molecular flexibility index (Phi) is 5.30. The van der Waals surface area contributed by atoms with Gasteiger partial charge >= 0.3 is 0 Å². The second-order valence-electron chi connectivity index (χ2n) is 6.91. The summed E-state index contributed by atoms with van der Waals surface area (Å²) in [5.74, 6) is 0.178. The predicted octanol–water partition coefficient (Wildman–Crippen LogP) is 3.16. The van der Waals surface area contributed by atoms with Gasteiger partial charge in [-0.1, -0.05) is 48.5 Å². The van der Waals surface area contributed by atoms with E-state index in [-0.39, 0.29) is 11.8 Å². The Morgan fingerprint density at radius 1 is 1.11 bits per heavy atom. The number of benzene rings is 2. The van der Waals surface area contributed by atoms with Crippen molar-refractivity contribution in [1.82, 2.24) is 20.4 Å². The standard InChI is InChI=1S/C22H24N4O/c27-22(18-10-7-13-23-14-18)24-15-19-16-26(20-11-5-2-6-12-20)25-21(19)17-8-3-1-4-9-17/h1-6,8-9,11-12,16,18,23H,7,10,13-15H2,(H,24,27). The minimum Gasteiger partial charge on any atom is -0.352 e. The molecule has 1 aromatic heterocycles. The number of aromatic nitrogens is 2. The molecular weight excluding hydrogens is 336 g/mol. The number of rotatable bonds is 5. The molecule has 1 atom stereocenters. The fourth-order valence-electron chi connectivity index (χ4n) is 3.49. The quantitative estimate of drug-likeness (QED) is 0.735. The second kappa shape index (κ2) is 8.18. The van der Waals surface area contributed by atoms with E-state index in [4.69, 9.17) is 5.10 Å². The van der Waals surface area contributed by atoms with Crippen molar-refractivity contribution in [3.05, 3.63) is 72.4 Å². The maximum atomic E-state index is 12.5. The van der Waals surface area contributed by atoms with Crippen LogP contribution in [0.5, 0.6) is 0 Å². The van der Waals surface area contributed by atoms with Gasteiger partial charge in [-0.2, -0.15) is 5.10 Å². The second-order valence-corrected chi connectivity index (χ2v) is 6.91. The molecule has 0 bridgehead atoms. The lowest BCUT2D eigenvalue weighted by atomic mass is 9.99. The summed E-state index contributed by atoms with van der Waals surface area (Å²) in [4.78, 5) is 12.5. The maximum absolute atomic E-state index is 12.5. The molecular formula is C22H24N4O. The van der Waals surface area contributed by atoms with Gasteiger partial charge in [0, 0.05) is 30.4 Å². The molecule has 0 aliphatic carbocycles. The number of hydrogen-bond donors (Lipinski definition) is 2. The highest BCUT2D eigenvalue weighted by Crippen LogP contribution is 2.23.